The Bertz CT molecular complexity index is 995. The topological polar surface area (TPSA) is 175 Å². The van der Waals surface area contributed by atoms with Crippen molar-refractivity contribution in [3.8, 4) is 11.3 Å². The normalized spacial score (nSPS) is 11.5. The van der Waals surface area contributed by atoms with E-state index in [2.05, 4.69) is 9.97 Å². The fourth-order valence-electron chi connectivity index (χ4n) is 2.42. The second-order valence-electron chi connectivity index (χ2n) is 4.82. The van der Waals surface area contributed by atoms with E-state index in [1.54, 1.807) is 0 Å². The van der Waals surface area contributed by atoms with Crippen LogP contribution in [0.2, 0.25) is 0 Å². The number of aromatic carboxylic acids is 3. The van der Waals surface area contributed by atoms with Crippen LogP contribution >= 0.6 is 0 Å². The number of rotatable bonds is 3. The Hall–Kier alpha value is -1.82. The van der Waals surface area contributed by atoms with Crippen molar-refractivity contribution in [2.24, 2.45) is 0 Å². The molecule has 0 amide bonds. The van der Waals surface area contributed by atoms with E-state index >= 15 is 0 Å². The molecular weight excluding hydrogens is 370 g/mol. The number of nitrogens with zero attached hydrogens (tertiary/aromatic N) is 1. The van der Waals surface area contributed by atoms with Gasteiger partial charge in [-0.25, -0.2) is 19.4 Å². The summed E-state index contributed by atoms with van der Waals surface area (Å²) in [6, 6.07) is 1.65. The van der Waals surface area contributed by atoms with E-state index in [1.807, 2.05) is 0 Å². The summed E-state index contributed by atoms with van der Waals surface area (Å²) in [4.78, 5) is 63.7. The van der Waals surface area contributed by atoms with E-state index in [0.29, 0.717) is 0 Å². The molecule has 26 heavy (non-hydrogen) atoms. The first-order valence-corrected chi connectivity index (χ1v) is 6.29. The summed E-state index contributed by atoms with van der Waals surface area (Å²) >= 11 is 0. The number of aromatic amines is 1. The number of pyridine rings is 1. The predicted molar refractivity (Wildman–Crippen MR) is 73.6 cm³/mol. The molecule has 10 nitrogen and oxygen atoms in total. The van der Waals surface area contributed by atoms with E-state index in [-0.39, 0.29) is 75.9 Å². The number of fused-ring (bicyclic) bond motifs is 3. The van der Waals surface area contributed by atoms with Gasteiger partial charge in [0.2, 0.25) is 5.78 Å². The number of carbonyl (C=O) groups excluding carboxylic acids is 2. The number of hydrogen-bond donors (Lipinski definition) is 4. The molecule has 12 heteroatoms. The van der Waals surface area contributed by atoms with Crippen molar-refractivity contribution in [2.45, 2.75) is 0 Å². The van der Waals surface area contributed by atoms with Gasteiger partial charge >= 0.3 is 77.0 Å². The van der Waals surface area contributed by atoms with E-state index < -0.39 is 52.1 Å². The Morgan fingerprint density at radius 1 is 0.885 bits per heavy atom. The average molecular weight is 376 g/mol. The average Bonchev–Trinajstić information content (AvgIpc) is 2.96. The number of nitrogens with one attached hydrogen (secondary N) is 1. The van der Waals surface area contributed by atoms with Crippen LogP contribution in [0.3, 0.4) is 0 Å². The summed E-state index contributed by atoms with van der Waals surface area (Å²) in [6.07, 6.45) is 0. The third-order valence-electron chi connectivity index (χ3n) is 3.43. The van der Waals surface area contributed by atoms with Gasteiger partial charge in [0, 0.05) is 5.56 Å². The molecule has 1 aliphatic rings. The first kappa shape index (κ1) is 22.2. The number of Topliss-reactive ketones (excluding diaryl/α,β-unsaturated/α-hetero) is 2. The number of carboxylic acids is 3. The zero-order chi connectivity index (χ0) is 17.8. The Morgan fingerprint density at radius 2 is 1.50 bits per heavy atom. The van der Waals surface area contributed by atoms with Crippen LogP contribution in [0.15, 0.2) is 12.1 Å². The fourth-order valence-corrected chi connectivity index (χ4v) is 2.42. The van der Waals surface area contributed by atoms with E-state index in [0.717, 1.165) is 12.1 Å². The van der Waals surface area contributed by atoms with Crippen LogP contribution in [0.1, 0.15) is 52.2 Å². The number of aromatic nitrogens is 2. The third-order valence-corrected chi connectivity index (χ3v) is 3.43. The minimum Gasteiger partial charge on any atom is -0.478 e. The van der Waals surface area contributed by atoms with Crippen molar-refractivity contribution < 1.29 is 98.4 Å². The Kier molecular flexibility index (Phi) is 6.69. The van der Waals surface area contributed by atoms with E-state index in [9.17, 15) is 29.1 Å². The SMILES string of the molecule is O=C(O)c1cc(C(=O)O)c2c(n1)C(=O)C(=O)c1cc(C(=O)O)[nH]c1-2.[Na+].[Na+]. The molecule has 2 heterocycles. The molecule has 0 radical (unpaired) electrons. The standard InChI is InChI=1S/C14H6N2O8.2Na/c17-10-4-2-6(14(23)24)15-8(4)7-3(12(19)20)1-5(13(21)22)16-9(7)11(10)18;;/h1-2,15H,(H,19,20)(H,21,22)(H,23,24);;/q;2*+1. The smallest absolute Gasteiger partial charge is 0.478 e. The summed E-state index contributed by atoms with van der Waals surface area (Å²) in [7, 11) is 0. The monoisotopic (exact) mass is 376 g/mol. The number of hydrogen-bond acceptors (Lipinski definition) is 6. The van der Waals surface area contributed by atoms with Crippen molar-refractivity contribution in [2.75, 3.05) is 0 Å². The number of carboxylic acid groups (broad SMARTS) is 3. The zero-order valence-corrected chi connectivity index (χ0v) is 17.5. The van der Waals surface area contributed by atoms with Crippen LogP contribution in [-0.4, -0.2) is 54.8 Å². The van der Waals surface area contributed by atoms with Crippen molar-refractivity contribution in [3.63, 3.8) is 0 Å². The van der Waals surface area contributed by atoms with Crippen molar-refractivity contribution in [1.82, 2.24) is 9.97 Å². The Labute approximate surface area is 188 Å². The van der Waals surface area contributed by atoms with Gasteiger partial charge in [-0.15, -0.1) is 0 Å². The Morgan fingerprint density at radius 3 is 2.00 bits per heavy atom. The summed E-state index contributed by atoms with van der Waals surface area (Å²) in [5.74, 6) is -6.87. The largest absolute Gasteiger partial charge is 1.00 e. The minimum absolute atomic E-state index is 0. The number of ketones is 2. The quantitative estimate of drug-likeness (QED) is 0.301. The van der Waals surface area contributed by atoms with Gasteiger partial charge in [0.05, 0.1) is 16.8 Å². The molecule has 0 unspecified atom stereocenters. The summed E-state index contributed by atoms with van der Waals surface area (Å²) in [6.45, 7) is 0. The molecule has 2 aromatic heterocycles. The molecule has 1 aliphatic carbocycles. The molecule has 4 N–H and O–H groups in total. The van der Waals surface area contributed by atoms with Crippen molar-refractivity contribution >= 4 is 29.5 Å². The molecule has 0 saturated heterocycles. The van der Waals surface area contributed by atoms with Crippen LogP contribution in [0, 0.1) is 0 Å². The molecule has 0 aliphatic heterocycles. The molecule has 120 valence electrons. The van der Waals surface area contributed by atoms with Gasteiger partial charge in [0.15, 0.2) is 0 Å². The molecule has 2 aromatic rings. The maximum Gasteiger partial charge on any atom is 1.00 e. The molecule has 0 atom stereocenters. The Balaban J connectivity index is 0.00000169. The molecular formula is C14H6N2Na2O8+2. The molecule has 0 fully saturated rings. The maximum absolute atomic E-state index is 12.1. The number of H-pyrrole nitrogens is 1. The van der Waals surface area contributed by atoms with E-state index in [1.165, 1.54) is 0 Å². The van der Waals surface area contributed by atoms with Crippen molar-refractivity contribution in [1.29, 1.82) is 0 Å². The second kappa shape index (κ2) is 7.82. The first-order valence-electron chi connectivity index (χ1n) is 6.29. The molecule has 0 aromatic carbocycles. The van der Waals surface area contributed by atoms with Crippen LogP contribution in [-0.2, 0) is 0 Å². The summed E-state index contributed by atoms with van der Waals surface area (Å²) in [5.41, 5.74) is -3.21. The van der Waals surface area contributed by atoms with Gasteiger partial charge in [0.1, 0.15) is 17.1 Å². The summed E-state index contributed by atoms with van der Waals surface area (Å²) in [5, 5.41) is 27.3. The third kappa shape index (κ3) is 3.39. The minimum atomic E-state index is -1.58. The second-order valence-corrected chi connectivity index (χ2v) is 4.82. The summed E-state index contributed by atoms with van der Waals surface area (Å²) < 4.78 is 0. The molecule has 3 rings (SSSR count). The molecule has 0 spiro atoms. The van der Waals surface area contributed by atoms with Gasteiger partial charge in [-0.05, 0) is 12.1 Å². The van der Waals surface area contributed by atoms with Gasteiger partial charge in [0.25, 0.3) is 5.78 Å². The van der Waals surface area contributed by atoms with Gasteiger partial charge in [-0.1, -0.05) is 0 Å². The van der Waals surface area contributed by atoms with Crippen LogP contribution in [0.5, 0.6) is 0 Å². The van der Waals surface area contributed by atoms with Gasteiger partial charge < -0.3 is 20.3 Å². The van der Waals surface area contributed by atoms with Crippen molar-refractivity contribution in [3.05, 3.63) is 40.3 Å². The van der Waals surface area contributed by atoms with Crippen LogP contribution in [0.4, 0.5) is 0 Å². The van der Waals surface area contributed by atoms with Gasteiger partial charge in [-0.2, -0.15) is 0 Å². The first-order chi connectivity index (χ1) is 11.2. The van der Waals surface area contributed by atoms with E-state index in [4.69, 9.17) is 10.2 Å². The zero-order valence-electron chi connectivity index (χ0n) is 13.5. The predicted octanol–water partition coefficient (Wildman–Crippen LogP) is -5.44. The molecule has 0 saturated carbocycles. The molecule has 0 bridgehead atoms. The maximum atomic E-state index is 12.1. The fraction of sp³-hybridized carbons (Fsp3) is 0. The van der Waals surface area contributed by atoms with Crippen LogP contribution < -0.4 is 59.1 Å². The number of carbonyl (C=O) groups is 5. The van der Waals surface area contributed by atoms with Gasteiger partial charge in [-0.3, -0.25) is 9.59 Å². The van der Waals surface area contributed by atoms with Crippen LogP contribution in [0.25, 0.3) is 11.3 Å².